The molecule has 0 radical (unpaired) electrons. The van der Waals surface area contributed by atoms with Crippen LogP contribution in [0.4, 0.5) is 0 Å². The van der Waals surface area contributed by atoms with Gasteiger partial charge >= 0.3 is 0 Å². The van der Waals surface area contributed by atoms with Crippen molar-refractivity contribution < 1.29 is 18.3 Å². The van der Waals surface area contributed by atoms with Crippen molar-refractivity contribution in [2.45, 2.75) is 11.0 Å². The summed E-state index contributed by atoms with van der Waals surface area (Å²) >= 11 is 0. The van der Waals surface area contributed by atoms with Gasteiger partial charge in [0.15, 0.2) is 0 Å². The number of sulfonamides is 1. The molecule has 2 aromatic carbocycles. The highest BCUT2D eigenvalue weighted by Gasteiger charge is 2.29. The van der Waals surface area contributed by atoms with Crippen molar-refractivity contribution in [3.05, 3.63) is 60.3 Å². The molecule has 8 heteroatoms. The Morgan fingerprint density at radius 2 is 1.70 bits per heavy atom. The summed E-state index contributed by atoms with van der Waals surface area (Å²) in [7, 11) is -0.00672. The number of aryl methyl sites for hydroxylation is 1. The van der Waals surface area contributed by atoms with E-state index in [4.69, 9.17) is 4.74 Å². The zero-order valence-electron chi connectivity index (χ0n) is 17.2. The number of hydrogen-bond donors (Lipinski definition) is 1. The van der Waals surface area contributed by atoms with E-state index >= 15 is 0 Å². The fourth-order valence-electron chi connectivity index (χ4n) is 4.03. The van der Waals surface area contributed by atoms with Crippen molar-refractivity contribution >= 4 is 20.9 Å². The molecule has 1 fully saturated rings. The Bertz CT molecular complexity index is 1120. The van der Waals surface area contributed by atoms with E-state index in [-0.39, 0.29) is 4.90 Å². The summed E-state index contributed by atoms with van der Waals surface area (Å²) in [6.45, 7) is 2.44. The molecule has 3 aromatic rings. The highest BCUT2D eigenvalue weighted by molar-refractivity contribution is 7.89. The molecule has 0 bridgehead atoms. The lowest BCUT2D eigenvalue weighted by atomic mass is 10.1. The fraction of sp³-hybridized carbons (Fsp3) is 0.364. The van der Waals surface area contributed by atoms with E-state index < -0.39 is 16.1 Å². The lowest BCUT2D eigenvalue weighted by molar-refractivity contribution is 0.0929. The number of aliphatic hydroxyl groups excluding tert-OH is 1. The number of nitrogens with zero attached hydrogens (tertiary/aromatic N) is 3. The number of piperazine rings is 1. The van der Waals surface area contributed by atoms with Crippen LogP contribution in [0.1, 0.15) is 11.7 Å². The van der Waals surface area contributed by atoms with E-state index in [1.54, 1.807) is 31.4 Å². The average molecular weight is 430 g/mol. The van der Waals surface area contributed by atoms with Gasteiger partial charge in [0.2, 0.25) is 10.0 Å². The van der Waals surface area contributed by atoms with Crippen LogP contribution < -0.4 is 4.74 Å². The van der Waals surface area contributed by atoms with Gasteiger partial charge in [-0.3, -0.25) is 4.90 Å². The molecule has 1 atom stereocenters. The predicted molar refractivity (Wildman–Crippen MR) is 116 cm³/mol. The molecule has 0 saturated carbocycles. The van der Waals surface area contributed by atoms with Crippen LogP contribution in [0.3, 0.4) is 0 Å². The van der Waals surface area contributed by atoms with Crippen LogP contribution in [0.15, 0.2) is 59.6 Å². The third-order valence-corrected chi connectivity index (χ3v) is 7.66. The lowest BCUT2D eigenvalue weighted by Crippen LogP contribution is -2.49. The van der Waals surface area contributed by atoms with E-state index in [1.807, 2.05) is 42.1 Å². The van der Waals surface area contributed by atoms with Gasteiger partial charge in [0.1, 0.15) is 5.75 Å². The van der Waals surface area contributed by atoms with Crippen molar-refractivity contribution in [3.63, 3.8) is 0 Å². The van der Waals surface area contributed by atoms with Gasteiger partial charge in [-0.25, -0.2) is 8.42 Å². The Hall–Kier alpha value is -2.39. The molecule has 1 saturated heterocycles. The average Bonchev–Trinajstić information content (AvgIpc) is 3.11. The number of hydrogen-bond acceptors (Lipinski definition) is 5. The quantitative estimate of drug-likeness (QED) is 0.650. The molecule has 7 nitrogen and oxygen atoms in total. The molecule has 0 amide bonds. The molecule has 0 spiro atoms. The predicted octanol–water partition coefficient (Wildman–Crippen LogP) is 2.23. The van der Waals surface area contributed by atoms with Crippen LogP contribution >= 0.6 is 0 Å². The minimum atomic E-state index is -3.53. The molecule has 1 aromatic heterocycles. The molecule has 30 heavy (non-hydrogen) atoms. The SMILES string of the molecule is COc1ccc(S(=O)(=O)N2CCN(C[C@H](O)c3cn(C)c4ccccc34)CC2)cc1. The van der Waals surface area contributed by atoms with Gasteiger partial charge < -0.3 is 14.4 Å². The van der Waals surface area contributed by atoms with Crippen molar-refractivity contribution in [3.8, 4) is 5.75 Å². The number of fused-ring (bicyclic) bond motifs is 1. The van der Waals surface area contributed by atoms with Crippen LogP contribution in [0.5, 0.6) is 5.75 Å². The molecule has 0 unspecified atom stereocenters. The second-order valence-electron chi connectivity index (χ2n) is 7.61. The maximum atomic E-state index is 12.9. The normalized spacial score (nSPS) is 17.3. The summed E-state index contributed by atoms with van der Waals surface area (Å²) in [6, 6.07) is 14.5. The van der Waals surface area contributed by atoms with Gasteiger partial charge in [0, 0.05) is 62.4 Å². The minimum Gasteiger partial charge on any atom is -0.497 e. The zero-order chi connectivity index (χ0) is 21.3. The topological polar surface area (TPSA) is 75.0 Å². The Kier molecular flexibility index (Phi) is 5.84. The molecule has 1 aliphatic rings. The van der Waals surface area contributed by atoms with E-state index in [2.05, 4.69) is 4.90 Å². The maximum absolute atomic E-state index is 12.9. The summed E-state index contributed by atoms with van der Waals surface area (Å²) in [4.78, 5) is 2.39. The Morgan fingerprint density at radius 1 is 1.03 bits per heavy atom. The number of aliphatic hydroxyl groups is 1. The second-order valence-corrected chi connectivity index (χ2v) is 9.55. The van der Waals surface area contributed by atoms with Crippen LogP contribution in [-0.4, -0.2) is 67.1 Å². The van der Waals surface area contributed by atoms with Gasteiger partial charge in [-0.15, -0.1) is 0 Å². The van der Waals surface area contributed by atoms with E-state index in [1.165, 1.54) is 4.31 Å². The van der Waals surface area contributed by atoms with Crippen molar-refractivity contribution in [1.29, 1.82) is 0 Å². The Balaban J connectivity index is 1.40. The summed E-state index contributed by atoms with van der Waals surface area (Å²) in [6.07, 6.45) is 1.35. The van der Waals surface area contributed by atoms with Crippen molar-refractivity contribution in [2.24, 2.45) is 7.05 Å². The first-order valence-electron chi connectivity index (χ1n) is 9.99. The Labute approximate surface area is 177 Å². The Morgan fingerprint density at radius 3 is 2.37 bits per heavy atom. The molecule has 4 rings (SSSR count). The second kappa shape index (κ2) is 8.39. The third-order valence-electron chi connectivity index (χ3n) is 5.75. The standard InChI is InChI=1S/C22H27N3O4S/c1-23-15-20(19-5-3-4-6-21(19)23)22(26)16-24-11-13-25(14-12-24)30(27,28)18-9-7-17(29-2)8-10-18/h3-10,15,22,26H,11-14,16H2,1-2H3/t22-/m0/s1. The van der Waals surface area contributed by atoms with Gasteiger partial charge in [-0.05, 0) is 30.3 Å². The minimum absolute atomic E-state index is 0.271. The van der Waals surface area contributed by atoms with E-state index in [9.17, 15) is 13.5 Å². The van der Waals surface area contributed by atoms with Crippen LogP contribution in [-0.2, 0) is 17.1 Å². The van der Waals surface area contributed by atoms with Gasteiger partial charge in [0.25, 0.3) is 0 Å². The third kappa shape index (κ3) is 3.96. The van der Waals surface area contributed by atoms with Gasteiger partial charge in [0.05, 0.1) is 18.1 Å². The number of β-amino-alcohol motifs (C(OH)–C–C–N with tert-alkyl or cyclic N) is 1. The molecule has 1 aliphatic heterocycles. The maximum Gasteiger partial charge on any atom is 0.243 e. The number of benzene rings is 2. The first-order chi connectivity index (χ1) is 14.4. The van der Waals surface area contributed by atoms with Crippen molar-refractivity contribution in [1.82, 2.24) is 13.8 Å². The number of methoxy groups -OCH3 is 1. The van der Waals surface area contributed by atoms with Gasteiger partial charge in [-0.2, -0.15) is 4.31 Å². The monoisotopic (exact) mass is 429 g/mol. The fourth-order valence-corrected chi connectivity index (χ4v) is 5.45. The number of para-hydroxylation sites is 1. The summed E-state index contributed by atoms with van der Waals surface area (Å²) < 4.78 is 34.4. The molecule has 1 N–H and O–H groups in total. The first-order valence-corrected chi connectivity index (χ1v) is 11.4. The number of aromatic nitrogens is 1. The summed E-state index contributed by atoms with van der Waals surface area (Å²) in [5.41, 5.74) is 1.99. The molecular formula is C22H27N3O4S. The van der Waals surface area contributed by atoms with Crippen molar-refractivity contribution in [2.75, 3.05) is 39.8 Å². The van der Waals surface area contributed by atoms with Crippen LogP contribution in [0.25, 0.3) is 10.9 Å². The number of rotatable bonds is 6. The zero-order valence-corrected chi connectivity index (χ0v) is 18.0. The van der Waals surface area contributed by atoms with E-state index in [0.717, 1.165) is 16.5 Å². The highest BCUT2D eigenvalue weighted by Crippen LogP contribution is 2.27. The summed E-state index contributed by atoms with van der Waals surface area (Å²) in [5.74, 6) is 0.626. The largest absolute Gasteiger partial charge is 0.497 e. The lowest BCUT2D eigenvalue weighted by Gasteiger charge is -2.34. The smallest absolute Gasteiger partial charge is 0.243 e. The highest BCUT2D eigenvalue weighted by atomic mass is 32.2. The summed E-state index contributed by atoms with van der Waals surface area (Å²) in [5, 5.41) is 11.9. The van der Waals surface area contributed by atoms with Crippen LogP contribution in [0.2, 0.25) is 0 Å². The molecule has 160 valence electrons. The van der Waals surface area contributed by atoms with E-state index in [0.29, 0.717) is 38.5 Å². The molecule has 2 heterocycles. The van der Waals surface area contributed by atoms with Gasteiger partial charge in [-0.1, -0.05) is 18.2 Å². The number of ether oxygens (including phenoxy) is 1. The van der Waals surface area contributed by atoms with Crippen LogP contribution in [0, 0.1) is 0 Å². The molecule has 0 aliphatic carbocycles. The molecular weight excluding hydrogens is 402 g/mol. The first kappa shape index (κ1) is 20.9.